The van der Waals surface area contributed by atoms with Crippen molar-refractivity contribution in [3.63, 3.8) is 0 Å². The van der Waals surface area contributed by atoms with Gasteiger partial charge in [-0.15, -0.1) is 0 Å². The number of rotatable bonds is 4. The Kier molecular flexibility index (Phi) is 3.88. The normalized spacial score (nSPS) is 27.8. The van der Waals surface area contributed by atoms with E-state index in [4.69, 9.17) is 5.11 Å². The first-order chi connectivity index (χ1) is 5.72. The van der Waals surface area contributed by atoms with Gasteiger partial charge in [-0.25, -0.2) is 0 Å². The largest absolute Gasteiger partial charge is 0.393 e. The number of thioether (sulfide) groups is 1. The second kappa shape index (κ2) is 4.72. The second-order valence-corrected chi connectivity index (χ2v) is 4.09. The summed E-state index contributed by atoms with van der Waals surface area (Å²) in [5, 5.41) is 11.8. The molecule has 1 saturated carbocycles. The van der Waals surface area contributed by atoms with E-state index in [9.17, 15) is 4.79 Å². The van der Waals surface area contributed by atoms with E-state index in [2.05, 4.69) is 5.32 Å². The van der Waals surface area contributed by atoms with Gasteiger partial charge in [0.05, 0.1) is 11.9 Å². The van der Waals surface area contributed by atoms with Crippen molar-refractivity contribution in [1.29, 1.82) is 0 Å². The highest BCUT2D eigenvalue weighted by molar-refractivity contribution is 7.99. The van der Waals surface area contributed by atoms with Crippen molar-refractivity contribution in [3.8, 4) is 0 Å². The van der Waals surface area contributed by atoms with E-state index in [1.807, 2.05) is 6.26 Å². The van der Waals surface area contributed by atoms with Gasteiger partial charge < -0.3 is 10.4 Å². The molecule has 0 heterocycles. The number of hydrogen-bond acceptors (Lipinski definition) is 3. The molecule has 1 aliphatic carbocycles. The topological polar surface area (TPSA) is 49.3 Å². The number of aliphatic hydroxyl groups excluding tert-OH is 1. The number of carbonyl (C=O) groups is 1. The second-order valence-electron chi connectivity index (χ2n) is 3.23. The maximum atomic E-state index is 11.0. The van der Waals surface area contributed by atoms with Gasteiger partial charge in [-0.1, -0.05) is 0 Å². The molecule has 0 bridgehead atoms. The minimum Gasteiger partial charge on any atom is -0.393 e. The highest BCUT2D eigenvalue weighted by Gasteiger charge is 2.26. The minimum absolute atomic E-state index is 0.101. The lowest BCUT2D eigenvalue weighted by atomic mass is 9.82. The summed E-state index contributed by atoms with van der Waals surface area (Å²) in [6.45, 7) is 0.733. The third kappa shape index (κ3) is 3.03. The van der Waals surface area contributed by atoms with Crippen LogP contribution in [0.25, 0.3) is 0 Å². The van der Waals surface area contributed by atoms with E-state index < -0.39 is 0 Å². The number of hydrogen-bond donors (Lipinski definition) is 2. The van der Waals surface area contributed by atoms with E-state index in [0.717, 1.165) is 19.4 Å². The average Bonchev–Trinajstić information content (AvgIpc) is 1.96. The number of amides is 1. The van der Waals surface area contributed by atoms with Crippen molar-refractivity contribution in [2.24, 2.45) is 5.92 Å². The van der Waals surface area contributed by atoms with E-state index in [0.29, 0.717) is 11.7 Å². The van der Waals surface area contributed by atoms with Crippen molar-refractivity contribution >= 4 is 17.7 Å². The standard InChI is InChI=1S/C8H15NO2S/c1-12-5-8(11)9-4-6-2-7(10)3-6/h6-7,10H,2-5H2,1H3,(H,9,11). The van der Waals surface area contributed by atoms with Gasteiger partial charge in [0, 0.05) is 6.54 Å². The molecule has 0 unspecified atom stereocenters. The molecule has 0 radical (unpaired) electrons. The van der Waals surface area contributed by atoms with Crippen LogP contribution < -0.4 is 5.32 Å². The van der Waals surface area contributed by atoms with Gasteiger partial charge >= 0.3 is 0 Å². The number of nitrogens with one attached hydrogen (secondary N) is 1. The van der Waals surface area contributed by atoms with Crippen LogP contribution in [0.4, 0.5) is 0 Å². The number of carbonyl (C=O) groups excluding carboxylic acids is 1. The zero-order valence-corrected chi connectivity index (χ0v) is 8.06. The molecule has 4 heteroatoms. The molecule has 0 saturated heterocycles. The SMILES string of the molecule is CSCC(=O)NCC1CC(O)C1. The molecule has 1 rings (SSSR count). The highest BCUT2D eigenvalue weighted by Crippen LogP contribution is 2.25. The lowest BCUT2D eigenvalue weighted by Crippen LogP contribution is -2.38. The summed E-state index contributed by atoms with van der Waals surface area (Å²) in [5.74, 6) is 1.14. The third-order valence-corrected chi connectivity index (χ3v) is 2.63. The molecular formula is C8H15NO2S. The number of aliphatic hydroxyl groups is 1. The van der Waals surface area contributed by atoms with E-state index >= 15 is 0 Å². The van der Waals surface area contributed by atoms with Crippen LogP contribution in [0.3, 0.4) is 0 Å². The van der Waals surface area contributed by atoms with Crippen molar-refractivity contribution in [1.82, 2.24) is 5.32 Å². The molecule has 1 fully saturated rings. The van der Waals surface area contributed by atoms with Crippen LogP contribution in [0.2, 0.25) is 0 Å². The summed E-state index contributed by atoms with van der Waals surface area (Å²) in [5.41, 5.74) is 0. The monoisotopic (exact) mass is 189 g/mol. The van der Waals surface area contributed by atoms with Crippen molar-refractivity contribution in [2.75, 3.05) is 18.6 Å². The lowest BCUT2D eigenvalue weighted by molar-refractivity contribution is -0.119. The Balaban J connectivity index is 1.98. The summed E-state index contributed by atoms with van der Waals surface area (Å²) in [6.07, 6.45) is 3.48. The van der Waals surface area contributed by atoms with Crippen LogP contribution in [0.5, 0.6) is 0 Å². The Hall–Kier alpha value is -0.220. The van der Waals surface area contributed by atoms with Gasteiger partial charge in [-0.3, -0.25) is 4.79 Å². The van der Waals surface area contributed by atoms with Gasteiger partial charge in [0.1, 0.15) is 0 Å². The molecule has 0 aromatic carbocycles. The molecule has 0 aliphatic heterocycles. The van der Waals surface area contributed by atoms with Gasteiger partial charge in [-0.2, -0.15) is 11.8 Å². The van der Waals surface area contributed by atoms with E-state index in [1.165, 1.54) is 11.8 Å². The molecule has 0 aromatic heterocycles. The van der Waals surface area contributed by atoms with Gasteiger partial charge in [0.2, 0.25) is 5.91 Å². The first kappa shape index (κ1) is 9.86. The Morgan fingerprint density at radius 1 is 1.67 bits per heavy atom. The first-order valence-corrected chi connectivity index (χ1v) is 5.55. The van der Waals surface area contributed by atoms with Gasteiger partial charge in [-0.05, 0) is 25.0 Å². The fourth-order valence-electron chi connectivity index (χ4n) is 1.31. The molecule has 2 N–H and O–H groups in total. The van der Waals surface area contributed by atoms with Crippen LogP contribution in [0, 0.1) is 5.92 Å². The van der Waals surface area contributed by atoms with Crippen molar-refractivity contribution in [3.05, 3.63) is 0 Å². The van der Waals surface area contributed by atoms with Crippen LogP contribution in [-0.2, 0) is 4.79 Å². The Labute approximate surface area is 76.9 Å². The predicted octanol–water partition coefficient (Wildman–Crippen LogP) is 0.236. The minimum atomic E-state index is -0.118. The highest BCUT2D eigenvalue weighted by atomic mass is 32.2. The molecule has 1 aliphatic rings. The van der Waals surface area contributed by atoms with Crippen LogP contribution >= 0.6 is 11.8 Å². The Morgan fingerprint density at radius 3 is 2.83 bits per heavy atom. The Bertz CT molecular complexity index is 157. The molecule has 70 valence electrons. The molecule has 1 amide bonds. The maximum Gasteiger partial charge on any atom is 0.229 e. The predicted molar refractivity (Wildman–Crippen MR) is 50.1 cm³/mol. The lowest BCUT2D eigenvalue weighted by Gasteiger charge is -2.31. The molecule has 0 spiro atoms. The summed E-state index contributed by atoms with van der Waals surface area (Å²) in [6, 6.07) is 0. The van der Waals surface area contributed by atoms with E-state index in [1.54, 1.807) is 0 Å². The van der Waals surface area contributed by atoms with Gasteiger partial charge in [0.25, 0.3) is 0 Å². The summed E-state index contributed by atoms with van der Waals surface area (Å²) in [7, 11) is 0. The summed E-state index contributed by atoms with van der Waals surface area (Å²) >= 11 is 1.53. The molecule has 12 heavy (non-hydrogen) atoms. The third-order valence-electron chi connectivity index (χ3n) is 2.07. The fourth-order valence-corrected chi connectivity index (χ4v) is 1.67. The zero-order valence-electron chi connectivity index (χ0n) is 7.25. The first-order valence-electron chi connectivity index (χ1n) is 4.16. The fraction of sp³-hybridized carbons (Fsp3) is 0.875. The molecule has 0 atom stereocenters. The van der Waals surface area contributed by atoms with Crippen LogP contribution in [0.15, 0.2) is 0 Å². The van der Waals surface area contributed by atoms with Crippen molar-refractivity contribution < 1.29 is 9.90 Å². The summed E-state index contributed by atoms with van der Waals surface area (Å²) in [4.78, 5) is 11.0. The van der Waals surface area contributed by atoms with Crippen LogP contribution in [-0.4, -0.2) is 35.7 Å². The zero-order chi connectivity index (χ0) is 8.97. The van der Waals surface area contributed by atoms with Gasteiger partial charge in [0.15, 0.2) is 0 Å². The molecule has 3 nitrogen and oxygen atoms in total. The molecular weight excluding hydrogens is 174 g/mol. The quantitative estimate of drug-likeness (QED) is 0.666. The van der Waals surface area contributed by atoms with Crippen LogP contribution in [0.1, 0.15) is 12.8 Å². The van der Waals surface area contributed by atoms with Crippen molar-refractivity contribution in [2.45, 2.75) is 18.9 Å². The smallest absolute Gasteiger partial charge is 0.229 e. The molecule has 0 aromatic rings. The Morgan fingerprint density at radius 2 is 2.33 bits per heavy atom. The summed E-state index contributed by atoms with van der Waals surface area (Å²) < 4.78 is 0. The van der Waals surface area contributed by atoms with E-state index in [-0.39, 0.29) is 12.0 Å². The average molecular weight is 189 g/mol. The maximum absolute atomic E-state index is 11.0.